The molecule has 0 spiro atoms. The molecule has 122 valence electrons. The van der Waals surface area contributed by atoms with E-state index in [2.05, 4.69) is 31.7 Å². The Morgan fingerprint density at radius 2 is 2.08 bits per heavy atom. The molecule has 1 saturated carbocycles. The van der Waals surface area contributed by atoms with Crippen molar-refractivity contribution in [1.82, 2.24) is 39.8 Å². The number of nitrogens with zero attached hydrogens (tertiary/aromatic N) is 8. The molecule has 4 aromatic heterocycles. The Kier molecular flexibility index (Phi) is 2.90. The van der Waals surface area contributed by atoms with Gasteiger partial charge in [0.05, 0.1) is 54.0 Å². The molecule has 0 unspecified atom stereocenters. The molecule has 1 fully saturated rings. The van der Waals surface area contributed by atoms with Crippen LogP contribution >= 0.6 is 0 Å². The minimum absolute atomic E-state index is 0.146. The third-order valence-corrected chi connectivity index (χ3v) is 4.61. The zero-order valence-electron chi connectivity index (χ0n) is 13.1. The lowest BCUT2D eigenvalue weighted by Crippen LogP contribution is -2.25. The van der Waals surface area contributed by atoms with Gasteiger partial charge < -0.3 is 0 Å². The van der Waals surface area contributed by atoms with Crippen LogP contribution in [0.25, 0.3) is 28.2 Å². The summed E-state index contributed by atoms with van der Waals surface area (Å²) in [6.07, 6.45) is 10.7. The smallest absolute Gasteiger partial charge is 0.132 e. The summed E-state index contributed by atoms with van der Waals surface area (Å²) < 4.78 is 3.71. The van der Waals surface area contributed by atoms with E-state index in [1.54, 1.807) is 16.9 Å². The van der Waals surface area contributed by atoms with Crippen molar-refractivity contribution in [3.8, 4) is 28.7 Å². The fourth-order valence-electron chi connectivity index (χ4n) is 3.16. The van der Waals surface area contributed by atoms with E-state index >= 15 is 0 Å². The van der Waals surface area contributed by atoms with Crippen molar-refractivity contribution < 1.29 is 0 Å². The van der Waals surface area contributed by atoms with Crippen molar-refractivity contribution >= 4 is 5.52 Å². The Morgan fingerprint density at radius 3 is 2.88 bits per heavy atom. The van der Waals surface area contributed by atoms with Crippen LogP contribution in [-0.2, 0) is 0 Å². The summed E-state index contributed by atoms with van der Waals surface area (Å²) in [5, 5.41) is 28.3. The molecule has 5 rings (SSSR count). The van der Waals surface area contributed by atoms with Crippen molar-refractivity contribution in [1.29, 1.82) is 5.26 Å². The van der Waals surface area contributed by atoms with Gasteiger partial charge in [-0.1, -0.05) is 0 Å². The molecule has 0 atom stereocenters. The number of rotatable bonds is 3. The summed E-state index contributed by atoms with van der Waals surface area (Å²) in [6.45, 7) is 0. The highest BCUT2D eigenvalue weighted by Crippen LogP contribution is 2.37. The van der Waals surface area contributed by atoms with Crippen LogP contribution in [0.2, 0.25) is 0 Å². The molecular formula is C16H13N9. The highest BCUT2D eigenvalue weighted by molar-refractivity contribution is 5.77. The molecule has 0 amide bonds. The number of H-pyrrole nitrogens is 1. The van der Waals surface area contributed by atoms with Crippen LogP contribution in [-0.4, -0.2) is 39.8 Å². The average Bonchev–Trinajstić information content (AvgIpc) is 3.33. The Bertz CT molecular complexity index is 1080. The van der Waals surface area contributed by atoms with Gasteiger partial charge in [0.25, 0.3) is 0 Å². The average molecular weight is 331 g/mol. The van der Waals surface area contributed by atoms with Crippen molar-refractivity contribution in [2.75, 3.05) is 0 Å². The number of hydrogen-bond donors (Lipinski definition) is 1. The van der Waals surface area contributed by atoms with Gasteiger partial charge in [-0.2, -0.15) is 30.9 Å². The van der Waals surface area contributed by atoms with E-state index in [1.807, 2.05) is 29.3 Å². The first-order chi connectivity index (χ1) is 12.3. The Morgan fingerprint density at radius 1 is 1.16 bits per heavy atom. The van der Waals surface area contributed by atoms with Crippen LogP contribution < -0.4 is 0 Å². The first-order valence-electron chi connectivity index (χ1n) is 7.96. The molecule has 4 heterocycles. The predicted octanol–water partition coefficient (Wildman–Crippen LogP) is 1.85. The van der Waals surface area contributed by atoms with Crippen LogP contribution in [0.5, 0.6) is 0 Å². The van der Waals surface area contributed by atoms with Gasteiger partial charge in [-0.05, 0) is 18.9 Å². The molecule has 9 nitrogen and oxygen atoms in total. The zero-order chi connectivity index (χ0) is 16.8. The molecule has 1 aliphatic carbocycles. The van der Waals surface area contributed by atoms with E-state index < -0.39 is 0 Å². The Balaban J connectivity index is 1.57. The maximum absolute atomic E-state index is 8.94. The Labute approximate surface area is 141 Å². The van der Waals surface area contributed by atoms with E-state index in [-0.39, 0.29) is 12.0 Å². The lowest BCUT2D eigenvalue weighted by atomic mass is 9.81. The zero-order valence-corrected chi connectivity index (χ0v) is 13.1. The van der Waals surface area contributed by atoms with Crippen molar-refractivity contribution in [3.63, 3.8) is 0 Å². The number of nitrogens with one attached hydrogen (secondary N) is 1. The maximum atomic E-state index is 8.94. The normalized spacial score (nSPS) is 19.6. The van der Waals surface area contributed by atoms with Gasteiger partial charge in [-0.25, -0.2) is 9.50 Å². The van der Waals surface area contributed by atoms with Crippen LogP contribution in [0.1, 0.15) is 18.9 Å². The minimum Gasteiger partial charge on any atom is -0.269 e. The molecule has 0 radical (unpaired) electrons. The van der Waals surface area contributed by atoms with Crippen LogP contribution in [0.4, 0.5) is 0 Å². The standard InChI is InChI=1S/C16H13N9/c17-5-10-3-12(4-10)24-8-11(6-20-24)16-15-1-2-19-25(15)9-14(21-16)13-7-18-23-22-13/h1-2,6-10,12H,3-4H2,(H,18,22,23). The fourth-order valence-corrected chi connectivity index (χ4v) is 3.16. The van der Waals surface area contributed by atoms with Crippen molar-refractivity contribution in [2.24, 2.45) is 5.92 Å². The molecule has 0 bridgehead atoms. The van der Waals surface area contributed by atoms with E-state index in [1.165, 1.54) is 0 Å². The second-order valence-electron chi connectivity index (χ2n) is 6.15. The number of aromatic nitrogens is 8. The van der Waals surface area contributed by atoms with Gasteiger partial charge in [-0.15, -0.1) is 0 Å². The van der Waals surface area contributed by atoms with Crippen LogP contribution in [0, 0.1) is 17.2 Å². The molecular weight excluding hydrogens is 318 g/mol. The molecule has 0 aliphatic heterocycles. The number of hydrogen-bond acceptors (Lipinski definition) is 6. The van der Waals surface area contributed by atoms with E-state index in [9.17, 15) is 0 Å². The molecule has 1 aliphatic rings. The summed E-state index contributed by atoms with van der Waals surface area (Å²) in [5.74, 6) is 0.146. The number of aromatic amines is 1. The third-order valence-electron chi connectivity index (χ3n) is 4.61. The largest absolute Gasteiger partial charge is 0.269 e. The first kappa shape index (κ1) is 13.9. The fraction of sp³-hybridized carbons (Fsp3) is 0.250. The summed E-state index contributed by atoms with van der Waals surface area (Å²) in [5.41, 5.74) is 3.94. The lowest BCUT2D eigenvalue weighted by molar-refractivity contribution is 0.230. The highest BCUT2D eigenvalue weighted by atomic mass is 15.3. The molecule has 4 aromatic rings. The minimum atomic E-state index is 0.146. The quantitative estimate of drug-likeness (QED) is 0.613. The first-order valence-corrected chi connectivity index (χ1v) is 7.96. The highest BCUT2D eigenvalue weighted by Gasteiger charge is 2.31. The molecule has 25 heavy (non-hydrogen) atoms. The van der Waals surface area contributed by atoms with Gasteiger partial charge in [0.15, 0.2) is 0 Å². The Hall–Kier alpha value is -3.54. The number of nitriles is 1. The van der Waals surface area contributed by atoms with Crippen LogP contribution in [0.3, 0.4) is 0 Å². The van der Waals surface area contributed by atoms with Gasteiger partial charge >= 0.3 is 0 Å². The van der Waals surface area contributed by atoms with Gasteiger partial charge in [0.1, 0.15) is 11.4 Å². The number of fused-ring (bicyclic) bond motifs is 1. The topological polar surface area (TPSA) is 113 Å². The van der Waals surface area contributed by atoms with E-state index in [0.717, 1.165) is 29.6 Å². The third kappa shape index (κ3) is 2.19. The van der Waals surface area contributed by atoms with Gasteiger partial charge in [0.2, 0.25) is 0 Å². The summed E-state index contributed by atoms with van der Waals surface area (Å²) in [7, 11) is 0. The maximum Gasteiger partial charge on any atom is 0.132 e. The van der Waals surface area contributed by atoms with Crippen LogP contribution in [0.15, 0.2) is 37.1 Å². The summed E-state index contributed by atoms with van der Waals surface area (Å²) in [6, 6.07) is 4.51. The lowest BCUT2D eigenvalue weighted by Gasteiger charge is -2.30. The predicted molar refractivity (Wildman–Crippen MR) is 87.0 cm³/mol. The molecule has 1 N–H and O–H groups in total. The van der Waals surface area contributed by atoms with Gasteiger partial charge in [0, 0.05) is 11.8 Å². The second kappa shape index (κ2) is 5.24. The second-order valence-corrected chi connectivity index (χ2v) is 6.15. The summed E-state index contributed by atoms with van der Waals surface area (Å²) >= 11 is 0. The SMILES string of the molecule is N#CC1CC(n2cc(-c3nc(-c4cn[nH]n4)cn4nccc34)cn2)C1. The van der Waals surface area contributed by atoms with E-state index in [4.69, 9.17) is 10.2 Å². The summed E-state index contributed by atoms with van der Waals surface area (Å²) in [4.78, 5) is 4.74. The molecule has 0 aromatic carbocycles. The molecule has 9 heteroatoms. The van der Waals surface area contributed by atoms with E-state index in [0.29, 0.717) is 11.4 Å². The van der Waals surface area contributed by atoms with Gasteiger partial charge in [-0.3, -0.25) is 4.68 Å². The monoisotopic (exact) mass is 331 g/mol. The van der Waals surface area contributed by atoms with Crippen molar-refractivity contribution in [3.05, 3.63) is 37.1 Å². The molecule has 0 saturated heterocycles. The van der Waals surface area contributed by atoms with Crippen molar-refractivity contribution in [2.45, 2.75) is 18.9 Å².